The summed E-state index contributed by atoms with van der Waals surface area (Å²) < 4.78 is 13.4. The van der Waals surface area contributed by atoms with Crippen LogP contribution in [0.5, 0.6) is 5.75 Å². The molecule has 0 unspecified atom stereocenters. The lowest BCUT2D eigenvalue weighted by molar-refractivity contribution is -0.139. The molecule has 5 rings (SSSR count). The third kappa shape index (κ3) is 4.84. The highest BCUT2D eigenvalue weighted by Crippen LogP contribution is 2.33. The lowest BCUT2D eigenvalue weighted by atomic mass is 10.0. The topological polar surface area (TPSA) is 93.7 Å². The Morgan fingerprint density at radius 3 is 2.71 bits per heavy atom. The summed E-state index contributed by atoms with van der Waals surface area (Å²) in [5.74, 6) is 0.113. The Hall–Kier alpha value is -4.26. The number of benzene rings is 2. The number of carbonyl (C=O) groups is 1. The number of nitrogens with zero attached hydrogens (tertiary/aromatic N) is 3. The van der Waals surface area contributed by atoms with Crippen molar-refractivity contribution in [2.75, 3.05) is 6.61 Å². The molecule has 0 aliphatic carbocycles. The van der Waals surface area contributed by atoms with E-state index in [0.717, 1.165) is 16.0 Å². The molecule has 7 nitrogen and oxygen atoms in total. The van der Waals surface area contributed by atoms with Gasteiger partial charge in [0.15, 0.2) is 4.80 Å². The van der Waals surface area contributed by atoms with Crippen LogP contribution in [0.25, 0.3) is 6.08 Å². The fraction of sp³-hybridized carbons (Fsp3) is 0.172. The van der Waals surface area contributed by atoms with Crippen molar-refractivity contribution < 1.29 is 14.3 Å². The van der Waals surface area contributed by atoms with E-state index in [2.05, 4.69) is 11.1 Å². The van der Waals surface area contributed by atoms with E-state index in [-0.39, 0.29) is 18.8 Å². The molecule has 9 heteroatoms. The number of hydrogen-bond donors (Lipinski definition) is 0. The molecular formula is C29H23N3O4S2. The first kappa shape index (κ1) is 25.4. The fourth-order valence-corrected chi connectivity index (χ4v) is 6.15. The third-order valence-corrected chi connectivity index (χ3v) is 7.96. The molecule has 0 saturated heterocycles. The molecule has 4 aromatic rings. The maximum absolute atomic E-state index is 13.8. The SMILES string of the molecule is CCOC(=O)C1=C(C)N=c2s/c(=C\c3ccccc3OCc3ccccc3C#N)c(=O)n2[C@@H]1c1cccs1. The monoisotopic (exact) mass is 541 g/mol. The highest BCUT2D eigenvalue weighted by molar-refractivity contribution is 7.10. The quantitative estimate of drug-likeness (QED) is 0.325. The van der Waals surface area contributed by atoms with E-state index in [9.17, 15) is 14.9 Å². The van der Waals surface area contributed by atoms with Crippen LogP contribution < -0.4 is 19.6 Å². The number of thiophene rings is 1. The van der Waals surface area contributed by atoms with Gasteiger partial charge in [0.1, 0.15) is 18.4 Å². The smallest absolute Gasteiger partial charge is 0.338 e. The summed E-state index contributed by atoms with van der Waals surface area (Å²) >= 11 is 2.74. The predicted molar refractivity (Wildman–Crippen MR) is 147 cm³/mol. The normalized spacial score (nSPS) is 15.0. The van der Waals surface area contributed by atoms with Crippen molar-refractivity contribution in [3.05, 3.63) is 119 Å². The summed E-state index contributed by atoms with van der Waals surface area (Å²) in [5.41, 5.74) is 2.72. The molecule has 2 aromatic carbocycles. The first-order chi connectivity index (χ1) is 18.5. The van der Waals surface area contributed by atoms with Gasteiger partial charge in [-0.3, -0.25) is 9.36 Å². The van der Waals surface area contributed by atoms with Gasteiger partial charge in [-0.1, -0.05) is 53.8 Å². The Kier molecular flexibility index (Phi) is 7.36. The van der Waals surface area contributed by atoms with Crippen LogP contribution in [0.1, 0.15) is 41.5 Å². The number of ether oxygens (including phenoxy) is 2. The van der Waals surface area contributed by atoms with Crippen molar-refractivity contribution in [3.63, 3.8) is 0 Å². The van der Waals surface area contributed by atoms with Crippen LogP contribution in [0.4, 0.5) is 0 Å². The van der Waals surface area contributed by atoms with Crippen molar-refractivity contribution in [2.24, 2.45) is 4.99 Å². The number of aromatic nitrogens is 1. The lowest BCUT2D eigenvalue weighted by Gasteiger charge is -2.23. The molecule has 1 aliphatic rings. The minimum absolute atomic E-state index is 0.219. The molecule has 3 heterocycles. The summed E-state index contributed by atoms with van der Waals surface area (Å²) in [6, 6.07) is 20.1. The number of rotatable bonds is 7. The van der Waals surface area contributed by atoms with Crippen LogP contribution in [0.2, 0.25) is 0 Å². The van der Waals surface area contributed by atoms with Crippen LogP contribution in [0.15, 0.2) is 87.1 Å². The van der Waals surface area contributed by atoms with E-state index < -0.39 is 12.0 Å². The average molecular weight is 542 g/mol. The number of carbonyl (C=O) groups excluding carboxylic acids is 1. The van der Waals surface area contributed by atoms with Crippen molar-refractivity contribution in [1.82, 2.24) is 4.57 Å². The number of esters is 1. The first-order valence-corrected chi connectivity index (χ1v) is 13.6. The highest BCUT2D eigenvalue weighted by atomic mass is 32.1. The van der Waals surface area contributed by atoms with E-state index in [1.807, 2.05) is 60.0 Å². The number of hydrogen-bond acceptors (Lipinski definition) is 8. The van der Waals surface area contributed by atoms with Gasteiger partial charge in [0, 0.05) is 16.0 Å². The van der Waals surface area contributed by atoms with Gasteiger partial charge in [-0.15, -0.1) is 11.3 Å². The first-order valence-electron chi connectivity index (χ1n) is 11.9. The van der Waals surface area contributed by atoms with Crippen molar-refractivity contribution >= 4 is 34.7 Å². The summed E-state index contributed by atoms with van der Waals surface area (Å²) in [5, 5.41) is 11.3. The number of fused-ring (bicyclic) bond motifs is 1. The molecule has 0 fully saturated rings. The summed E-state index contributed by atoms with van der Waals surface area (Å²) in [6.45, 7) is 3.97. The highest BCUT2D eigenvalue weighted by Gasteiger charge is 2.33. The van der Waals surface area contributed by atoms with Gasteiger partial charge in [-0.25, -0.2) is 9.79 Å². The van der Waals surface area contributed by atoms with E-state index in [1.165, 1.54) is 22.7 Å². The molecule has 190 valence electrons. The van der Waals surface area contributed by atoms with E-state index in [4.69, 9.17) is 9.47 Å². The second kappa shape index (κ2) is 11.0. The third-order valence-electron chi connectivity index (χ3n) is 6.06. The molecule has 38 heavy (non-hydrogen) atoms. The van der Waals surface area contributed by atoms with Crippen molar-refractivity contribution in [1.29, 1.82) is 5.26 Å². The molecule has 0 spiro atoms. The van der Waals surface area contributed by atoms with Gasteiger partial charge >= 0.3 is 5.97 Å². The molecule has 2 aromatic heterocycles. The van der Waals surface area contributed by atoms with Crippen LogP contribution in [0, 0.1) is 11.3 Å². The van der Waals surface area contributed by atoms with Gasteiger partial charge in [-0.2, -0.15) is 5.26 Å². The number of para-hydroxylation sites is 1. The average Bonchev–Trinajstić information content (AvgIpc) is 3.56. The Bertz CT molecular complexity index is 1760. The molecule has 1 aliphatic heterocycles. The van der Waals surface area contributed by atoms with Gasteiger partial charge in [-0.05, 0) is 43.5 Å². The van der Waals surface area contributed by atoms with Gasteiger partial charge < -0.3 is 9.47 Å². The van der Waals surface area contributed by atoms with E-state index in [0.29, 0.717) is 31.9 Å². The number of allylic oxidation sites excluding steroid dienone is 1. The zero-order valence-corrected chi connectivity index (χ0v) is 22.3. The second-order valence-electron chi connectivity index (χ2n) is 8.41. The molecule has 0 saturated carbocycles. The van der Waals surface area contributed by atoms with Gasteiger partial charge in [0.05, 0.1) is 34.0 Å². The van der Waals surface area contributed by atoms with Crippen LogP contribution in [0.3, 0.4) is 0 Å². The van der Waals surface area contributed by atoms with Crippen LogP contribution in [-0.4, -0.2) is 17.1 Å². The summed E-state index contributed by atoms with van der Waals surface area (Å²) in [6.07, 6.45) is 1.78. The maximum atomic E-state index is 13.8. The fourth-order valence-electron chi connectivity index (χ4n) is 4.29. The molecule has 0 amide bonds. The second-order valence-corrected chi connectivity index (χ2v) is 10.4. The molecular weight excluding hydrogens is 518 g/mol. The minimum Gasteiger partial charge on any atom is -0.488 e. The van der Waals surface area contributed by atoms with Crippen LogP contribution >= 0.6 is 22.7 Å². The zero-order chi connectivity index (χ0) is 26.6. The van der Waals surface area contributed by atoms with Gasteiger partial charge in [0.25, 0.3) is 5.56 Å². The van der Waals surface area contributed by atoms with Crippen molar-refractivity contribution in [2.45, 2.75) is 26.5 Å². The molecule has 1 atom stereocenters. The van der Waals surface area contributed by atoms with Gasteiger partial charge in [0.2, 0.25) is 0 Å². The lowest BCUT2D eigenvalue weighted by Crippen LogP contribution is -2.39. The Balaban J connectivity index is 1.57. The molecule has 0 radical (unpaired) electrons. The number of thiazole rings is 1. The van der Waals surface area contributed by atoms with Crippen molar-refractivity contribution in [3.8, 4) is 11.8 Å². The van der Waals surface area contributed by atoms with E-state index in [1.54, 1.807) is 30.6 Å². The molecule has 0 N–H and O–H groups in total. The largest absolute Gasteiger partial charge is 0.488 e. The number of nitriles is 1. The Labute approximate surface area is 226 Å². The minimum atomic E-state index is -0.610. The maximum Gasteiger partial charge on any atom is 0.338 e. The summed E-state index contributed by atoms with van der Waals surface area (Å²) in [7, 11) is 0. The van der Waals surface area contributed by atoms with Crippen LogP contribution in [-0.2, 0) is 16.1 Å². The Morgan fingerprint density at radius 1 is 1.16 bits per heavy atom. The predicted octanol–water partition coefficient (Wildman–Crippen LogP) is 4.31. The zero-order valence-electron chi connectivity index (χ0n) is 20.7. The van der Waals surface area contributed by atoms with E-state index >= 15 is 0 Å². The standard InChI is InChI=1S/C29H23N3O4S2/c1-3-35-28(34)25-18(2)31-29-32(26(25)23-13-8-14-37-23)27(33)24(38-29)15-19-9-6-7-12-22(19)36-17-21-11-5-4-10-20(21)16-30/h4-15,26H,3,17H2,1-2H3/b24-15-/t26-/m1/s1. The summed E-state index contributed by atoms with van der Waals surface area (Å²) in [4.78, 5) is 32.7. The molecule has 0 bridgehead atoms. The Morgan fingerprint density at radius 2 is 1.95 bits per heavy atom.